The fraction of sp³-hybridized carbons (Fsp3) is 0.462. The van der Waals surface area contributed by atoms with Gasteiger partial charge in [0, 0.05) is 38.5 Å². The van der Waals surface area contributed by atoms with Gasteiger partial charge in [-0.3, -0.25) is 14.5 Å². The van der Waals surface area contributed by atoms with Gasteiger partial charge in [-0.05, 0) is 43.0 Å². The summed E-state index contributed by atoms with van der Waals surface area (Å²) < 4.78 is 5.88. The first kappa shape index (κ1) is 20.8. The number of hydrazine groups is 1. The highest BCUT2D eigenvalue weighted by Gasteiger charge is 2.52. The van der Waals surface area contributed by atoms with Crippen LogP contribution >= 0.6 is 0 Å². The van der Waals surface area contributed by atoms with Crippen molar-refractivity contribution in [1.82, 2.24) is 10.3 Å². The Morgan fingerprint density at radius 3 is 2.70 bits per heavy atom. The SMILES string of the molecule is O=C(C1CN(CC2CCCO2)CC2C(=O)N(c3ccccc3)NC12)N1CCc2ccccc21. The third-order valence-corrected chi connectivity index (χ3v) is 7.56. The van der Waals surface area contributed by atoms with Crippen LogP contribution in [0.25, 0.3) is 0 Å². The summed E-state index contributed by atoms with van der Waals surface area (Å²) in [5, 5.41) is 1.66. The molecule has 1 N–H and O–H groups in total. The normalized spacial score (nSPS) is 29.4. The van der Waals surface area contributed by atoms with Gasteiger partial charge in [0.2, 0.25) is 11.8 Å². The van der Waals surface area contributed by atoms with Gasteiger partial charge in [-0.15, -0.1) is 0 Å². The zero-order valence-electron chi connectivity index (χ0n) is 18.7. The first-order chi connectivity index (χ1) is 16.2. The average molecular weight is 447 g/mol. The summed E-state index contributed by atoms with van der Waals surface area (Å²) in [6.07, 6.45) is 3.20. The Kier molecular flexibility index (Phi) is 5.40. The number of carbonyl (C=O) groups excluding carboxylic acids is 2. The number of likely N-dealkylation sites (tertiary alicyclic amines) is 1. The molecule has 3 fully saturated rings. The van der Waals surface area contributed by atoms with Crippen LogP contribution in [0.15, 0.2) is 54.6 Å². The Hall–Kier alpha value is -2.74. The molecular weight excluding hydrogens is 416 g/mol. The number of anilines is 2. The molecule has 2 aromatic carbocycles. The van der Waals surface area contributed by atoms with Gasteiger partial charge in [0.1, 0.15) is 0 Å². The quantitative estimate of drug-likeness (QED) is 0.780. The molecule has 2 amide bonds. The highest BCUT2D eigenvalue weighted by Crippen LogP contribution is 2.36. The van der Waals surface area contributed by atoms with Crippen molar-refractivity contribution in [2.24, 2.45) is 11.8 Å². The lowest BCUT2D eigenvalue weighted by Gasteiger charge is -2.40. The molecule has 0 saturated carbocycles. The summed E-state index contributed by atoms with van der Waals surface area (Å²) in [5.41, 5.74) is 6.48. The van der Waals surface area contributed by atoms with E-state index < -0.39 is 0 Å². The van der Waals surface area contributed by atoms with Gasteiger partial charge in [0.25, 0.3) is 0 Å². The van der Waals surface area contributed by atoms with E-state index in [1.807, 2.05) is 53.4 Å². The molecule has 0 bridgehead atoms. The molecule has 4 atom stereocenters. The van der Waals surface area contributed by atoms with Crippen molar-refractivity contribution < 1.29 is 14.3 Å². The number of para-hydroxylation sites is 2. The van der Waals surface area contributed by atoms with Gasteiger partial charge >= 0.3 is 0 Å². The molecule has 6 rings (SSSR count). The number of ether oxygens (including phenoxy) is 1. The van der Waals surface area contributed by atoms with Crippen molar-refractivity contribution in [3.63, 3.8) is 0 Å². The van der Waals surface area contributed by atoms with Gasteiger partial charge in [0.05, 0.1) is 29.7 Å². The zero-order chi connectivity index (χ0) is 22.4. The topological polar surface area (TPSA) is 65.1 Å². The zero-order valence-corrected chi connectivity index (χ0v) is 18.7. The van der Waals surface area contributed by atoms with Crippen molar-refractivity contribution in [3.05, 3.63) is 60.2 Å². The molecule has 7 nitrogen and oxygen atoms in total. The Bertz CT molecular complexity index is 1040. The van der Waals surface area contributed by atoms with Crippen LogP contribution in [0.2, 0.25) is 0 Å². The largest absolute Gasteiger partial charge is 0.377 e. The van der Waals surface area contributed by atoms with Crippen molar-refractivity contribution >= 4 is 23.2 Å². The second-order valence-electron chi connectivity index (χ2n) is 9.60. The number of rotatable bonds is 4. The Morgan fingerprint density at radius 2 is 1.88 bits per heavy atom. The average Bonchev–Trinajstić information content (AvgIpc) is 3.59. The molecule has 33 heavy (non-hydrogen) atoms. The van der Waals surface area contributed by atoms with E-state index in [9.17, 15) is 9.59 Å². The molecule has 0 radical (unpaired) electrons. The maximum atomic E-state index is 13.9. The fourth-order valence-corrected chi connectivity index (χ4v) is 5.93. The second kappa shape index (κ2) is 8.56. The molecular formula is C26H30N4O3. The van der Waals surface area contributed by atoms with E-state index in [-0.39, 0.29) is 35.8 Å². The third-order valence-electron chi connectivity index (χ3n) is 7.56. The predicted octanol–water partition coefficient (Wildman–Crippen LogP) is 2.22. The van der Waals surface area contributed by atoms with Crippen molar-refractivity contribution in [3.8, 4) is 0 Å². The number of fused-ring (bicyclic) bond motifs is 2. The summed E-state index contributed by atoms with van der Waals surface area (Å²) in [5.74, 6) is -0.397. The molecule has 0 spiro atoms. The molecule has 0 aromatic heterocycles. The van der Waals surface area contributed by atoms with E-state index >= 15 is 0 Å². The van der Waals surface area contributed by atoms with E-state index in [1.165, 1.54) is 5.56 Å². The Balaban J connectivity index is 1.29. The third kappa shape index (κ3) is 3.74. The molecule has 4 heterocycles. The van der Waals surface area contributed by atoms with Crippen LogP contribution in [-0.4, -0.2) is 61.6 Å². The second-order valence-corrected chi connectivity index (χ2v) is 9.60. The van der Waals surface area contributed by atoms with E-state index in [0.29, 0.717) is 19.6 Å². The highest BCUT2D eigenvalue weighted by molar-refractivity contribution is 6.01. The van der Waals surface area contributed by atoms with Gasteiger partial charge in [0.15, 0.2) is 0 Å². The van der Waals surface area contributed by atoms with Crippen LogP contribution in [0.1, 0.15) is 18.4 Å². The minimum absolute atomic E-state index is 0.0443. The van der Waals surface area contributed by atoms with Crippen molar-refractivity contribution in [2.45, 2.75) is 31.4 Å². The number of nitrogens with one attached hydrogen (secondary N) is 1. The number of piperidine rings is 1. The summed E-state index contributed by atoms with van der Waals surface area (Å²) in [7, 11) is 0. The van der Waals surface area contributed by atoms with Crippen LogP contribution in [-0.2, 0) is 20.7 Å². The Morgan fingerprint density at radius 1 is 1.06 bits per heavy atom. The van der Waals surface area contributed by atoms with Gasteiger partial charge in [-0.1, -0.05) is 36.4 Å². The number of amides is 2. The monoisotopic (exact) mass is 446 g/mol. The molecule has 0 aliphatic carbocycles. The summed E-state index contributed by atoms with van der Waals surface area (Å²) >= 11 is 0. The standard InChI is InChI=1S/C26H30N4O3/c31-25(29-13-12-18-7-4-5-11-23(18)29)21-16-28(15-20-10-6-14-33-20)17-22-24(21)27-30(26(22)32)19-8-2-1-3-9-19/h1-5,7-9,11,20-22,24,27H,6,10,12-17H2. The lowest BCUT2D eigenvalue weighted by atomic mass is 9.83. The number of carbonyl (C=O) groups is 2. The van der Waals surface area contributed by atoms with Crippen LogP contribution in [0.5, 0.6) is 0 Å². The summed E-state index contributed by atoms with van der Waals surface area (Å²) in [4.78, 5) is 31.6. The van der Waals surface area contributed by atoms with Gasteiger partial charge in [-0.2, -0.15) is 0 Å². The first-order valence-corrected chi connectivity index (χ1v) is 12.1. The lowest BCUT2D eigenvalue weighted by Crippen LogP contribution is -2.58. The predicted molar refractivity (Wildman–Crippen MR) is 126 cm³/mol. The molecule has 4 aliphatic heterocycles. The molecule has 2 aromatic rings. The summed E-state index contributed by atoms with van der Waals surface area (Å²) in [6.45, 7) is 3.58. The maximum Gasteiger partial charge on any atom is 0.247 e. The highest BCUT2D eigenvalue weighted by atomic mass is 16.5. The minimum atomic E-state index is -0.297. The van der Waals surface area contributed by atoms with Gasteiger partial charge in [-0.25, -0.2) is 10.4 Å². The lowest BCUT2D eigenvalue weighted by molar-refractivity contribution is -0.128. The number of nitrogens with zero attached hydrogens (tertiary/aromatic N) is 3. The Labute approximate surface area is 194 Å². The molecule has 4 aliphatic rings. The van der Waals surface area contributed by atoms with E-state index in [4.69, 9.17) is 4.74 Å². The first-order valence-electron chi connectivity index (χ1n) is 12.1. The van der Waals surface area contributed by atoms with Crippen molar-refractivity contribution in [1.29, 1.82) is 0 Å². The maximum absolute atomic E-state index is 13.9. The number of benzene rings is 2. The number of hydrogen-bond donors (Lipinski definition) is 1. The molecule has 3 saturated heterocycles. The van der Waals surface area contributed by atoms with Crippen LogP contribution < -0.4 is 15.3 Å². The smallest absolute Gasteiger partial charge is 0.247 e. The van der Waals surface area contributed by atoms with E-state index in [0.717, 1.165) is 43.8 Å². The minimum Gasteiger partial charge on any atom is -0.377 e. The fourth-order valence-electron chi connectivity index (χ4n) is 5.93. The van der Waals surface area contributed by atoms with Crippen LogP contribution in [0.3, 0.4) is 0 Å². The van der Waals surface area contributed by atoms with Gasteiger partial charge < -0.3 is 9.64 Å². The van der Waals surface area contributed by atoms with Crippen LogP contribution in [0, 0.1) is 11.8 Å². The molecule has 4 unspecified atom stereocenters. The molecule has 172 valence electrons. The summed E-state index contributed by atoms with van der Waals surface area (Å²) in [6, 6.07) is 17.6. The van der Waals surface area contributed by atoms with E-state index in [1.54, 1.807) is 5.01 Å². The number of hydrogen-bond acceptors (Lipinski definition) is 5. The van der Waals surface area contributed by atoms with Crippen molar-refractivity contribution in [2.75, 3.05) is 42.7 Å². The van der Waals surface area contributed by atoms with Crippen LogP contribution in [0.4, 0.5) is 11.4 Å². The molecule has 7 heteroatoms. The van der Waals surface area contributed by atoms with E-state index in [2.05, 4.69) is 16.4 Å².